The largest absolute Gasteiger partial charge is 0.280 e. The maximum atomic E-state index is 12.8. The highest BCUT2D eigenvalue weighted by Gasteiger charge is 2.28. The maximum absolute atomic E-state index is 12.8. The van der Waals surface area contributed by atoms with E-state index in [9.17, 15) is 8.42 Å². The van der Waals surface area contributed by atoms with Crippen molar-refractivity contribution in [3.05, 3.63) is 53.6 Å². The molecule has 0 aliphatic heterocycles. The van der Waals surface area contributed by atoms with E-state index in [0.717, 1.165) is 24.0 Å². The van der Waals surface area contributed by atoms with Crippen molar-refractivity contribution in [2.45, 2.75) is 37.6 Å². The third-order valence-corrected chi connectivity index (χ3v) is 5.91. The number of rotatable bonds is 5. The van der Waals surface area contributed by atoms with Gasteiger partial charge in [0.25, 0.3) is 10.0 Å². The molecule has 0 spiro atoms. The summed E-state index contributed by atoms with van der Waals surface area (Å²) in [5, 5.41) is 11.9. The van der Waals surface area contributed by atoms with E-state index in [1.54, 1.807) is 35.9 Å². The number of hydrogen-bond donors (Lipinski definition) is 1. The molecule has 4 rings (SSSR count). The lowest BCUT2D eigenvalue weighted by atomic mass is 10.2. The van der Waals surface area contributed by atoms with Crippen LogP contribution in [0.25, 0.3) is 11.4 Å². The van der Waals surface area contributed by atoms with Crippen molar-refractivity contribution in [2.24, 2.45) is 0 Å². The Labute approximate surface area is 152 Å². The van der Waals surface area contributed by atoms with Crippen molar-refractivity contribution < 1.29 is 8.42 Å². The monoisotopic (exact) mass is 369 g/mol. The first-order valence-electron chi connectivity index (χ1n) is 8.42. The summed E-state index contributed by atoms with van der Waals surface area (Å²) < 4.78 is 30.1. The van der Waals surface area contributed by atoms with E-state index in [2.05, 4.69) is 20.2 Å². The normalized spacial score (nSPS) is 14.4. The fourth-order valence-electron chi connectivity index (χ4n) is 2.88. The number of nitrogens with one attached hydrogen (secondary N) is 1. The minimum Gasteiger partial charge on any atom is -0.280 e. The summed E-state index contributed by atoms with van der Waals surface area (Å²) in [6, 6.07) is 12.9. The van der Waals surface area contributed by atoms with Crippen LogP contribution >= 0.6 is 0 Å². The van der Waals surface area contributed by atoms with Crippen molar-refractivity contribution >= 4 is 15.7 Å². The molecular weight excluding hydrogens is 350 g/mol. The summed E-state index contributed by atoms with van der Waals surface area (Å²) >= 11 is 0. The minimum absolute atomic E-state index is 0.283. The van der Waals surface area contributed by atoms with Crippen molar-refractivity contribution in [1.82, 2.24) is 20.2 Å². The molecule has 0 saturated heterocycles. The summed E-state index contributed by atoms with van der Waals surface area (Å²) in [4.78, 5) is 0.283. The number of aryl methyl sites for hydroxylation is 2. The van der Waals surface area contributed by atoms with Gasteiger partial charge in [-0.2, -0.15) is 0 Å². The number of tetrazole rings is 1. The van der Waals surface area contributed by atoms with Crippen LogP contribution in [0.3, 0.4) is 0 Å². The predicted molar refractivity (Wildman–Crippen MR) is 98.2 cm³/mol. The summed E-state index contributed by atoms with van der Waals surface area (Å²) in [6.45, 7) is 3.66. The first-order chi connectivity index (χ1) is 12.4. The van der Waals surface area contributed by atoms with Crippen LogP contribution in [-0.4, -0.2) is 28.6 Å². The number of nitrogens with zero attached hydrogens (tertiary/aromatic N) is 4. The SMILES string of the molecule is Cc1ccc(C)c(S(=O)(=O)Nc2cccc(-c3nnnn3C3CC3)c2)c1. The quantitative estimate of drug-likeness (QED) is 0.746. The van der Waals surface area contributed by atoms with Crippen LogP contribution < -0.4 is 4.72 Å². The zero-order valence-electron chi connectivity index (χ0n) is 14.5. The van der Waals surface area contributed by atoms with Gasteiger partial charge in [-0.15, -0.1) is 5.10 Å². The topological polar surface area (TPSA) is 89.8 Å². The Balaban J connectivity index is 1.67. The number of aromatic nitrogens is 4. The molecule has 3 aromatic rings. The fraction of sp³-hybridized carbons (Fsp3) is 0.278. The van der Waals surface area contributed by atoms with E-state index < -0.39 is 10.0 Å². The number of benzene rings is 2. The summed E-state index contributed by atoms with van der Waals surface area (Å²) in [7, 11) is -3.67. The van der Waals surface area contributed by atoms with E-state index in [-0.39, 0.29) is 4.90 Å². The van der Waals surface area contributed by atoms with Gasteiger partial charge >= 0.3 is 0 Å². The van der Waals surface area contributed by atoms with Gasteiger partial charge in [-0.25, -0.2) is 13.1 Å². The predicted octanol–water partition coefficient (Wildman–Crippen LogP) is 3.09. The van der Waals surface area contributed by atoms with Crippen molar-refractivity contribution in [3.63, 3.8) is 0 Å². The Morgan fingerprint density at radius 3 is 2.69 bits per heavy atom. The molecule has 7 nitrogen and oxygen atoms in total. The smallest absolute Gasteiger partial charge is 0.262 e. The lowest BCUT2D eigenvalue weighted by Gasteiger charge is -2.12. The molecule has 26 heavy (non-hydrogen) atoms. The molecule has 0 atom stereocenters. The number of sulfonamides is 1. The highest BCUT2D eigenvalue weighted by molar-refractivity contribution is 7.92. The second-order valence-electron chi connectivity index (χ2n) is 6.63. The summed E-state index contributed by atoms with van der Waals surface area (Å²) in [5.41, 5.74) is 2.86. The molecule has 134 valence electrons. The Kier molecular flexibility index (Phi) is 3.99. The molecular formula is C18H19N5O2S. The van der Waals surface area contributed by atoms with Gasteiger partial charge in [0, 0.05) is 11.3 Å². The average Bonchev–Trinajstić information content (AvgIpc) is 3.33. The molecule has 1 aliphatic carbocycles. The van der Waals surface area contributed by atoms with Crippen LogP contribution in [0.15, 0.2) is 47.4 Å². The Hall–Kier alpha value is -2.74. The highest BCUT2D eigenvalue weighted by Crippen LogP contribution is 2.37. The molecule has 0 unspecified atom stereocenters. The van der Waals surface area contributed by atoms with Gasteiger partial charge in [-0.3, -0.25) is 4.72 Å². The van der Waals surface area contributed by atoms with Gasteiger partial charge in [0.05, 0.1) is 10.9 Å². The van der Waals surface area contributed by atoms with Crippen LogP contribution in [-0.2, 0) is 10.0 Å². The third-order valence-electron chi connectivity index (χ3n) is 4.39. The molecule has 1 aliphatic rings. The molecule has 1 heterocycles. The Bertz CT molecular complexity index is 1070. The first-order valence-corrected chi connectivity index (χ1v) is 9.91. The van der Waals surface area contributed by atoms with Gasteiger partial charge in [-0.1, -0.05) is 24.3 Å². The second kappa shape index (κ2) is 6.21. The molecule has 0 radical (unpaired) electrons. The summed E-state index contributed by atoms with van der Waals surface area (Å²) in [5.74, 6) is 0.653. The Morgan fingerprint density at radius 1 is 1.12 bits per heavy atom. The first kappa shape index (κ1) is 16.7. The van der Waals surface area contributed by atoms with Crippen LogP contribution in [0.5, 0.6) is 0 Å². The molecule has 8 heteroatoms. The lowest BCUT2D eigenvalue weighted by molar-refractivity contribution is 0.600. The zero-order chi connectivity index (χ0) is 18.3. The molecule has 1 fully saturated rings. The van der Waals surface area contributed by atoms with Crippen LogP contribution in [0.1, 0.15) is 30.0 Å². The second-order valence-corrected chi connectivity index (χ2v) is 8.28. The number of hydrogen-bond acceptors (Lipinski definition) is 5. The van der Waals surface area contributed by atoms with E-state index in [1.807, 2.05) is 25.1 Å². The van der Waals surface area contributed by atoms with Crippen molar-refractivity contribution in [3.8, 4) is 11.4 Å². The molecule has 1 saturated carbocycles. The van der Waals surface area contributed by atoms with Crippen LogP contribution in [0.2, 0.25) is 0 Å². The lowest BCUT2D eigenvalue weighted by Crippen LogP contribution is -2.14. The molecule has 2 aromatic carbocycles. The maximum Gasteiger partial charge on any atom is 0.262 e. The van der Waals surface area contributed by atoms with Crippen molar-refractivity contribution in [2.75, 3.05) is 4.72 Å². The van der Waals surface area contributed by atoms with E-state index in [1.165, 1.54) is 0 Å². The van der Waals surface area contributed by atoms with E-state index in [0.29, 0.717) is 23.1 Å². The van der Waals surface area contributed by atoms with Gasteiger partial charge in [0.15, 0.2) is 5.82 Å². The highest BCUT2D eigenvalue weighted by atomic mass is 32.2. The minimum atomic E-state index is -3.67. The van der Waals surface area contributed by atoms with Gasteiger partial charge in [-0.05, 0) is 66.4 Å². The van der Waals surface area contributed by atoms with Crippen LogP contribution in [0, 0.1) is 13.8 Å². The summed E-state index contributed by atoms with van der Waals surface area (Å²) in [6.07, 6.45) is 2.13. The average molecular weight is 369 g/mol. The van der Waals surface area contributed by atoms with Gasteiger partial charge in [0.2, 0.25) is 0 Å². The molecule has 0 amide bonds. The van der Waals surface area contributed by atoms with Crippen LogP contribution in [0.4, 0.5) is 5.69 Å². The fourth-order valence-corrected chi connectivity index (χ4v) is 4.26. The van der Waals surface area contributed by atoms with Gasteiger partial charge in [0.1, 0.15) is 0 Å². The van der Waals surface area contributed by atoms with E-state index >= 15 is 0 Å². The molecule has 0 bridgehead atoms. The standard InChI is InChI=1S/C18H19N5O2S/c1-12-6-7-13(2)17(10-12)26(24,25)20-15-5-3-4-14(11-15)18-19-21-22-23(18)16-8-9-16/h3-7,10-11,16,20H,8-9H2,1-2H3. The Morgan fingerprint density at radius 2 is 1.92 bits per heavy atom. The molecule has 1 aromatic heterocycles. The van der Waals surface area contributed by atoms with Gasteiger partial charge < -0.3 is 0 Å². The van der Waals surface area contributed by atoms with Crippen molar-refractivity contribution in [1.29, 1.82) is 0 Å². The van der Waals surface area contributed by atoms with E-state index in [4.69, 9.17) is 0 Å². The third kappa shape index (κ3) is 3.20. The number of anilines is 1. The zero-order valence-corrected chi connectivity index (χ0v) is 15.4. The molecule has 1 N–H and O–H groups in total.